The minimum absolute atomic E-state index is 0.0205. The van der Waals surface area contributed by atoms with Gasteiger partial charge in [-0.2, -0.15) is 0 Å². The summed E-state index contributed by atoms with van der Waals surface area (Å²) in [5.41, 5.74) is 1.81. The fraction of sp³-hybridized carbons (Fsp3) is 0.412. The molecule has 0 unspecified atom stereocenters. The molecule has 1 aromatic carbocycles. The molecular weight excluding hydrogens is 278 g/mol. The van der Waals surface area contributed by atoms with E-state index < -0.39 is 0 Å². The number of aromatic nitrogens is 1. The molecule has 0 radical (unpaired) electrons. The smallest absolute Gasteiger partial charge is 0.259 e. The molecule has 1 aliphatic rings. The molecule has 1 saturated heterocycles. The fourth-order valence-corrected chi connectivity index (χ4v) is 2.86. The largest absolute Gasteiger partial charge is 0.361 e. The minimum atomic E-state index is 0.0205. The third-order valence-electron chi connectivity index (χ3n) is 4.02. The van der Waals surface area contributed by atoms with Crippen LogP contribution in [0.1, 0.15) is 41.1 Å². The average molecular weight is 299 g/mol. The zero-order valence-corrected chi connectivity index (χ0v) is 12.8. The molecule has 0 spiro atoms. The van der Waals surface area contributed by atoms with E-state index in [1.54, 1.807) is 6.20 Å². The molecule has 22 heavy (non-hydrogen) atoms. The maximum atomic E-state index is 12.7. The standard InChI is InChI=1S/C17H21N3O2/c1-2-6-16-14(11-19-22-16)17(21)20-10-9-18-15(12-20)13-7-4-3-5-8-13/h3-5,7-8,11,15,18H,2,6,9-10,12H2,1H3/t15-/m0/s1. The zero-order chi connectivity index (χ0) is 15.4. The number of amides is 1. The second-order valence-corrected chi connectivity index (χ2v) is 5.58. The van der Waals surface area contributed by atoms with Gasteiger partial charge in [0.1, 0.15) is 11.3 Å². The number of carbonyl (C=O) groups excluding carboxylic acids is 1. The van der Waals surface area contributed by atoms with Gasteiger partial charge in [0.2, 0.25) is 0 Å². The van der Waals surface area contributed by atoms with Gasteiger partial charge in [-0.05, 0) is 12.0 Å². The first kappa shape index (κ1) is 14.8. The molecular formula is C17H21N3O2. The molecule has 2 aromatic rings. The van der Waals surface area contributed by atoms with Crippen LogP contribution in [0, 0.1) is 0 Å². The third kappa shape index (κ3) is 3.04. The van der Waals surface area contributed by atoms with Crippen molar-refractivity contribution in [2.45, 2.75) is 25.8 Å². The summed E-state index contributed by atoms with van der Waals surface area (Å²) in [6.07, 6.45) is 3.23. The van der Waals surface area contributed by atoms with Gasteiger partial charge >= 0.3 is 0 Å². The normalized spacial score (nSPS) is 18.4. The van der Waals surface area contributed by atoms with Crippen molar-refractivity contribution >= 4 is 5.91 Å². The Morgan fingerprint density at radius 2 is 2.23 bits per heavy atom. The Hall–Kier alpha value is -2.14. The Labute approximate surface area is 130 Å². The number of nitrogens with zero attached hydrogens (tertiary/aromatic N) is 2. The minimum Gasteiger partial charge on any atom is -0.361 e. The second-order valence-electron chi connectivity index (χ2n) is 5.58. The molecule has 1 N–H and O–H groups in total. The summed E-state index contributed by atoms with van der Waals surface area (Å²) in [6.45, 7) is 4.23. The maximum Gasteiger partial charge on any atom is 0.259 e. The van der Waals surface area contributed by atoms with E-state index in [1.165, 1.54) is 5.56 Å². The molecule has 1 fully saturated rings. The summed E-state index contributed by atoms with van der Waals surface area (Å²) in [4.78, 5) is 14.6. The second kappa shape index (κ2) is 6.75. The Kier molecular flexibility index (Phi) is 4.53. The van der Waals surface area contributed by atoms with E-state index in [-0.39, 0.29) is 11.9 Å². The van der Waals surface area contributed by atoms with E-state index >= 15 is 0 Å². The van der Waals surface area contributed by atoms with Crippen LogP contribution >= 0.6 is 0 Å². The van der Waals surface area contributed by atoms with Crippen molar-refractivity contribution in [1.82, 2.24) is 15.4 Å². The lowest BCUT2D eigenvalue weighted by Crippen LogP contribution is -2.48. The molecule has 1 amide bonds. The number of nitrogens with one attached hydrogen (secondary N) is 1. The number of benzene rings is 1. The van der Waals surface area contributed by atoms with E-state index in [1.807, 2.05) is 23.1 Å². The van der Waals surface area contributed by atoms with Crippen molar-refractivity contribution in [2.75, 3.05) is 19.6 Å². The van der Waals surface area contributed by atoms with Crippen LogP contribution in [0.15, 0.2) is 41.1 Å². The molecule has 0 saturated carbocycles. The van der Waals surface area contributed by atoms with Gasteiger partial charge < -0.3 is 14.7 Å². The van der Waals surface area contributed by atoms with Gasteiger partial charge in [0, 0.05) is 32.1 Å². The van der Waals surface area contributed by atoms with Crippen molar-refractivity contribution < 1.29 is 9.32 Å². The van der Waals surface area contributed by atoms with Crippen LogP contribution in [-0.4, -0.2) is 35.6 Å². The van der Waals surface area contributed by atoms with Gasteiger partial charge in [0.15, 0.2) is 0 Å². The summed E-state index contributed by atoms with van der Waals surface area (Å²) >= 11 is 0. The quantitative estimate of drug-likeness (QED) is 0.942. The lowest BCUT2D eigenvalue weighted by molar-refractivity contribution is 0.0700. The molecule has 2 heterocycles. The van der Waals surface area contributed by atoms with E-state index in [9.17, 15) is 4.79 Å². The topological polar surface area (TPSA) is 58.4 Å². The summed E-state index contributed by atoms with van der Waals surface area (Å²) in [7, 11) is 0. The highest BCUT2D eigenvalue weighted by Crippen LogP contribution is 2.20. The number of piperazine rings is 1. The Morgan fingerprint density at radius 1 is 1.41 bits per heavy atom. The van der Waals surface area contributed by atoms with Crippen LogP contribution in [0.25, 0.3) is 0 Å². The highest BCUT2D eigenvalue weighted by molar-refractivity contribution is 5.95. The molecule has 1 aliphatic heterocycles. The molecule has 116 valence electrons. The summed E-state index contributed by atoms with van der Waals surface area (Å²) in [5.74, 6) is 0.717. The Balaban J connectivity index is 1.74. The van der Waals surface area contributed by atoms with Crippen molar-refractivity contribution in [3.05, 3.63) is 53.4 Å². The van der Waals surface area contributed by atoms with Gasteiger partial charge in [-0.15, -0.1) is 0 Å². The molecule has 5 nitrogen and oxygen atoms in total. The lowest BCUT2D eigenvalue weighted by atomic mass is 10.0. The van der Waals surface area contributed by atoms with Crippen molar-refractivity contribution in [1.29, 1.82) is 0 Å². The molecule has 5 heteroatoms. The predicted molar refractivity (Wildman–Crippen MR) is 83.6 cm³/mol. The van der Waals surface area contributed by atoms with E-state index in [2.05, 4.69) is 29.5 Å². The van der Waals surface area contributed by atoms with Crippen LogP contribution in [0.5, 0.6) is 0 Å². The van der Waals surface area contributed by atoms with E-state index in [4.69, 9.17) is 4.52 Å². The van der Waals surface area contributed by atoms with E-state index in [0.717, 1.165) is 19.4 Å². The van der Waals surface area contributed by atoms with Gasteiger partial charge in [0.25, 0.3) is 5.91 Å². The average Bonchev–Trinajstić information content (AvgIpc) is 3.04. The number of rotatable bonds is 4. The number of hydrogen-bond donors (Lipinski definition) is 1. The van der Waals surface area contributed by atoms with Crippen molar-refractivity contribution in [3.8, 4) is 0 Å². The first-order valence-corrected chi connectivity index (χ1v) is 7.80. The monoisotopic (exact) mass is 299 g/mol. The van der Waals surface area contributed by atoms with Gasteiger partial charge in [-0.1, -0.05) is 42.4 Å². The SMILES string of the molecule is CCCc1oncc1C(=O)N1CCN[C@H](c2ccccc2)C1. The lowest BCUT2D eigenvalue weighted by Gasteiger charge is -2.33. The molecule has 3 rings (SSSR count). The van der Waals surface area contributed by atoms with Gasteiger partial charge in [-0.3, -0.25) is 4.79 Å². The van der Waals surface area contributed by atoms with Crippen LogP contribution in [0.2, 0.25) is 0 Å². The zero-order valence-electron chi connectivity index (χ0n) is 12.8. The number of aryl methyl sites for hydroxylation is 1. The van der Waals surface area contributed by atoms with Gasteiger partial charge in [-0.25, -0.2) is 0 Å². The molecule has 1 atom stereocenters. The molecule has 0 bridgehead atoms. The van der Waals surface area contributed by atoms with Crippen LogP contribution in [0.3, 0.4) is 0 Å². The van der Waals surface area contributed by atoms with Crippen LogP contribution in [0.4, 0.5) is 0 Å². The summed E-state index contributed by atoms with van der Waals surface area (Å²) in [5, 5.41) is 7.27. The van der Waals surface area contributed by atoms with Crippen LogP contribution in [-0.2, 0) is 6.42 Å². The molecule has 0 aliphatic carbocycles. The fourth-order valence-electron chi connectivity index (χ4n) is 2.86. The predicted octanol–water partition coefficient (Wildman–Crippen LogP) is 2.41. The van der Waals surface area contributed by atoms with E-state index in [0.29, 0.717) is 24.4 Å². The van der Waals surface area contributed by atoms with Crippen molar-refractivity contribution in [2.24, 2.45) is 0 Å². The first-order valence-electron chi connectivity index (χ1n) is 7.80. The third-order valence-corrected chi connectivity index (χ3v) is 4.02. The first-order chi connectivity index (χ1) is 10.8. The summed E-state index contributed by atoms with van der Waals surface area (Å²) < 4.78 is 5.22. The number of carbonyl (C=O) groups is 1. The van der Waals surface area contributed by atoms with Gasteiger partial charge in [0.05, 0.1) is 6.20 Å². The maximum absolute atomic E-state index is 12.7. The molecule has 1 aromatic heterocycles. The highest BCUT2D eigenvalue weighted by Gasteiger charge is 2.27. The summed E-state index contributed by atoms with van der Waals surface area (Å²) in [6, 6.07) is 10.4. The van der Waals surface area contributed by atoms with Crippen LogP contribution < -0.4 is 5.32 Å². The highest BCUT2D eigenvalue weighted by atomic mass is 16.5. The Morgan fingerprint density at radius 3 is 3.00 bits per heavy atom. The Bertz CT molecular complexity index is 624. The van der Waals surface area contributed by atoms with Crippen molar-refractivity contribution in [3.63, 3.8) is 0 Å². The number of hydrogen-bond acceptors (Lipinski definition) is 4.